The van der Waals surface area contributed by atoms with Gasteiger partial charge < -0.3 is 4.57 Å². The molecule has 2 heteroatoms. The van der Waals surface area contributed by atoms with Gasteiger partial charge in [0, 0.05) is 17.6 Å². The van der Waals surface area contributed by atoms with Gasteiger partial charge in [-0.05, 0) is 13.3 Å². The highest BCUT2D eigenvalue weighted by atomic mass is 31.2. The number of benzene rings is 1. The largest absolute Gasteiger partial charge is 0.318 e. The van der Waals surface area contributed by atoms with E-state index in [1.807, 2.05) is 30.3 Å². The van der Waals surface area contributed by atoms with Gasteiger partial charge in [-0.3, -0.25) is 0 Å². The van der Waals surface area contributed by atoms with Crippen LogP contribution in [0.25, 0.3) is 0 Å². The first-order valence-electron chi connectivity index (χ1n) is 5.00. The second kappa shape index (κ2) is 3.74. The fourth-order valence-electron chi connectivity index (χ4n) is 1.99. The van der Waals surface area contributed by atoms with E-state index in [0.717, 1.165) is 24.0 Å². The quantitative estimate of drug-likeness (QED) is 0.510. The zero-order valence-electron chi connectivity index (χ0n) is 8.44. The smallest absolute Gasteiger partial charge is 0.119 e. The summed E-state index contributed by atoms with van der Waals surface area (Å²) in [5.74, 6) is 0. The minimum Gasteiger partial charge on any atom is -0.318 e. The van der Waals surface area contributed by atoms with Gasteiger partial charge >= 0.3 is 0 Å². The van der Waals surface area contributed by atoms with E-state index < -0.39 is 7.14 Å². The fourth-order valence-corrected chi connectivity index (χ4v) is 4.78. The molecule has 0 spiro atoms. The van der Waals surface area contributed by atoms with Crippen LogP contribution >= 0.6 is 7.14 Å². The molecule has 1 aromatic rings. The van der Waals surface area contributed by atoms with E-state index in [9.17, 15) is 4.57 Å². The highest BCUT2D eigenvalue weighted by molar-refractivity contribution is 7.71. The molecule has 0 saturated carbocycles. The molecule has 1 aliphatic heterocycles. The summed E-state index contributed by atoms with van der Waals surface area (Å²) in [7, 11) is -2.09. The summed E-state index contributed by atoms with van der Waals surface area (Å²) < 4.78 is 12.6. The van der Waals surface area contributed by atoms with Crippen LogP contribution in [0.15, 0.2) is 42.0 Å². The summed E-state index contributed by atoms with van der Waals surface area (Å²) in [6.07, 6.45) is 4.79. The Kier molecular flexibility index (Phi) is 2.60. The van der Waals surface area contributed by atoms with Gasteiger partial charge in [-0.2, -0.15) is 0 Å². The minimum absolute atomic E-state index is 0.775. The van der Waals surface area contributed by atoms with Crippen molar-refractivity contribution in [2.75, 3.05) is 12.3 Å². The molecule has 0 aliphatic carbocycles. The number of hydrogen-bond donors (Lipinski definition) is 0. The van der Waals surface area contributed by atoms with E-state index in [1.54, 1.807) is 0 Å². The molecule has 1 heterocycles. The second-order valence-electron chi connectivity index (χ2n) is 3.95. The van der Waals surface area contributed by atoms with E-state index >= 15 is 0 Å². The summed E-state index contributed by atoms with van der Waals surface area (Å²) in [4.78, 5) is 0. The lowest BCUT2D eigenvalue weighted by Gasteiger charge is -2.22. The summed E-state index contributed by atoms with van der Waals surface area (Å²) >= 11 is 0. The Labute approximate surface area is 85.2 Å². The third kappa shape index (κ3) is 1.83. The van der Waals surface area contributed by atoms with Crippen LogP contribution < -0.4 is 5.30 Å². The fraction of sp³-hybridized carbons (Fsp3) is 0.333. The Morgan fingerprint density at radius 1 is 1.21 bits per heavy atom. The Morgan fingerprint density at radius 2 is 1.93 bits per heavy atom. The number of allylic oxidation sites excluding steroid dienone is 2. The maximum atomic E-state index is 12.6. The molecule has 0 radical (unpaired) electrons. The van der Waals surface area contributed by atoms with Crippen LogP contribution in [-0.4, -0.2) is 12.3 Å². The molecule has 1 aliphatic rings. The lowest BCUT2D eigenvalue weighted by Crippen LogP contribution is -2.13. The van der Waals surface area contributed by atoms with E-state index in [0.29, 0.717) is 0 Å². The normalized spacial score (nSPS) is 27.1. The van der Waals surface area contributed by atoms with E-state index in [2.05, 4.69) is 13.0 Å². The molecule has 0 amide bonds. The molecule has 0 saturated heterocycles. The Balaban J connectivity index is 2.35. The van der Waals surface area contributed by atoms with Crippen molar-refractivity contribution in [1.82, 2.24) is 0 Å². The predicted molar refractivity (Wildman–Crippen MR) is 61.8 cm³/mol. The Hall–Kier alpha value is -0.810. The topological polar surface area (TPSA) is 17.1 Å². The van der Waals surface area contributed by atoms with Gasteiger partial charge in [-0.1, -0.05) is 42.0 Å². The molecule has 0 aromatic heterocycles. The van der Waals surface area contributed by atoms with Crippen LogP contribution in [0.2, 0.25) is 0 Å². The molecule has 1 unspecified atom stereocenters. The number of rotatable bonds is 1. The van der Waals surface area contributed by atoms with Crippen molar-refractivity contribution >= 4 is 12.4 Å². The molecule has 1 aromatic carbocycles. The molecular formula is C12H15OP. The third-order valence-electron chi connectivity index (χ3n) is 2.71. The summed E-state index contributed by atoms with van der Waals surface area (Å²) in [6, 6.07) is 9.92. The molecular weight excluding hydrogens is 191 g/mol. The summed E-state index contributed by atoms with van der Waals surface area (Å²) in [5.41, 5.74) is 1.28. The number of hydrogen-bond acceptors (Lipinski definition) is 1. The molecule has 74 valence electrons. The lowest BCUT2D eigenvalue weighted by molar-refractivity contribution is 0.581. The van der Waals surface area contributed by atoms with E-state index in [4.69, 9.17) is 0 Å². The van der Waals surface area contributed by atoms with Crippen LogP contribution in [-0.2, 0) is 4.57 Å². The second-order valence-corrected chi connectivity index (χ2v) is 7.00. The predicted octanol–water partition coefficient (Wildman–Crippen LogP) is 3.03. The van der Waals surface area contributed by atoms with Gasteiger partial charge in [0.2, 0.25) is 0 Å². The first kappa shape index (κ1) is 9.73. The molecule has 2 rings (SSSR count). The average Bonchev–Trinajstić information content (AvgIpc) is 2.19. The van der Waals surface area contributed by atoms with Crippen molar-refractivity contribution in [2.45, 2.75) is 13.3 Å². The first-order valence-corrected chi connectivity index (χ1v) is 7.08. The summed E-state index contributed by atoms with van der Waals surface area (Å²) in [6.45, 7) is 2.08. The zero-order valence-corrected chi connectivity index (χ0v) is 9.34. The van der Waals surface area contributed by atoms with Gasteiger partial charge in [0.05, 0.1) is 0 Å². The van der Waals surface area contributed by atoms with Gasteiger partial charge in [0.25, 0.3) is 0 Å². The highest BCUT2D eigenvalue weighted by Crippen LogP contribution is 2.48. The first-order chi connectivity index (χ1) is 6.71. The molecule has 1 nitrogen and oxygen atoms in total. The zero-order chi connectivity index (χ0) is 10.0. The van der Waals surface area contributed by atoms with E-state index in [-0.39, 0.29) is 0 Å². The van der Waals surface area contributed by atoms with Crippen molar-refractivity contribution in [3.05, 3.63) is 42.0 Å². The van der Waals surface area contributed by atoms with Crippen LogP contribution in [0.4, 0.5) is 0 Å². The highest BCUT2D eigenvalue weighted by Gasteiger charge is 2.26. The van der Waals surface area contributed by atoms with Crippen LogP contribution in [0.5, 0.6) is 0 Å². The van der Waals surface area contributed by atoms with Crippen molar-refractivity contribution < 1.29 is 4.57 Å². The molecule has 0 N–H and O–H groups in total. The van der Waals surface area contributed by atoms with Crippen LogP contribution in [0.3, 0.4) is 0 Å². The van der Waals surface area contributed by atoms with Crippen molar-refractivity contribution in [3.63, 3.8) is 0 Å². The lowest BCUT2D eigenvalue weighted by atomic mass is 10.3. The third-order valence-corrected chi connectivity index (χ3v) is 5.94. The van der Waals surface area contributed by atoms with Gasteiger partial charge in [-0.25, -0.2) is 0 Å². The Bertz CT molecular complexity index is 392. The summed E-state index contributed by atoms with van der Waals surface area (Å²) in [5, 5.41) is 1.05. The standard InChI is InChI=1S/C12H15OP/c1-11-6-5-9-14(13,10-11)12-7-3-2-4-8-12/h2-4,6-8H,5,9-10H2,1H3. The maximum Gasteiger partial charge on any atom is 0.119 e. The van der Waals surface area contributed by atoms with E-state index in [1.165, 1.54) is 5.57 Å². The van der Waals surface area contributed by atoms with Crippen molar-refractivity contribution in [2.24, 2.45) is 0 Å². The molecule has 0 bridgehead atoms. The molecule has 0 fully saturated rings. The van der Waals surface area contributed by atoms with Gasteiger partial charge in [0.1, 0.15) is 7.14 Å². The van der Waals surface area contributed by atoms with Crippen LogP contribution in [0, 0.1) is 0 Å². The Morgan fingerprint density at radius 3 is 2.57 bits per heavy atom. The van der Waals surface area contributed by atoms with Crippen LogP contribution in [0.1, 0.15) is 13.3 Å². The van der Waals surface area contributed by atoms with Gasteiger partial charge in [0.15, 0.2) is 0 Å². The minimum atomic E-state index is -2.09. The SMILES string of the molecule is CC1=CCCP(=O)(c2ccccc2)C1. The molecule has 14 heavy (non-hydrogen) atoms. The van der Waals surface area contributed by atoms with Crippen molar-refractivity contribution in [1.29, 1.82) is 0 Å². The monoisotopic (exact) mass is 206 g/mol. The van der Waals surface area contributed by atoms with Crippen molar-refractivity contribution in [3.8, 4) is 0 Å². The maximum absolute atomic E-state index is 12.6. The van der Waals surface area contributed by atoms with Gasteiger partial charge in [-0.15, -0.1) is 0 Å². The average molecular weight is 206 g/mol. The molecule has 1 atom stereocenters.